The van der Waals surface area contributed by atoms with Crippen molar-refractivity contribution in [3.63, 3.8) is 0 Å². The zero-order valence-electron chi connectivity index (χ0n) is 16.5. The first kappa shape index (κ1) is 19.1. The number of likely N-dealkylation sites (N-methyl/N-ethyl adjacent to an activating group) is 1. The Bertz CT molecular complexity index is 793. The minimum absolute atomic E-state index is 0.0530. The molecule has 1 aromatic carbocycles. The fourth-order valence-corrected chi connectivity index (χ4v) is 3.06. The molecule has 1 aliphatic rings. The number of rotatable bonds is 5. The first-order chi connectivity index (χ1) is 12.9. The Balaban J connectivity index is 1.63. The van der Waals surface area contributed by atoms with E-state index in [9.17, 15) is 4.79 Å². The second-order valence-corrected chi connectivity index (χ2v) is 7.01. The number of carbonyl (C=O) groups is 1. The number of amides is 1. The summed E-state index contributed by atoms with van der Waals surface area (Å²) < 4.78 is 5.56. The molecule has 1 aliphatic heterocycles. The minimum atomic E-state index is -0.223. The Hall–Kier alpha value is -2.67. The molecule has 2 aromatic rings. The van der Waals surface area contributed by atoms with Gasteiger partial charge in [0.05, 0.1) is 17.1 Å². The van der Waals surface area contributed by atoms with Gasteiger partial charge in [0.25, 0.3) is 5.91 Å². The van der Waals surface area contributed by atoms with Crippen LogP contribution in [0.5, 0.6) is 5.75 Å². The van der Waals surface area contributed by atoms with Gasteiger partial charge in [0.15, 0.2) is 6.61 Å². The molecule has 1 amide bonds. The number of hydrogen-bond acceptors (Lipinski definition) is 6. The normalized spacial score (nSPS) is 14.9. The summed E-state index contributed by atoms with van der Waals surface area (Å²) in [5.41, 5.74) is 3.28. The SMILES string of the molecule is Cc1cccc(OCC(=O)Nc2c(C)nc(N3CCN(C)CC3)nc2C)c1. The van der Waals surface area contributed by atoms with Gasteiger partial charge in [-0.15, -0.1) is 0 Å². The predicted molar refractivity (Wildman–Crippen MR) is 107 cm³/mol. The number of hydrogen-bond donors (Lipinski definition) is 1. The van der Waals surface area contributed by atoms with E-state index in [1.165, 1.54) is 0 Å². The van der Waals surface area contributed by atoms with Crippen LogP contribution < -0.4 is 15.0 Å². The minimum Gasteiger partial charge on any atom is -0.484 e. The molecule has 0 aliphatic carbocycles. The van der Waals surface area contributed by atoms with Crippen molar-refractivity contribution < 1.29 is 9.53 Å². The molecule has 0 atom stereocenters. The van der Waals surface area contributed by atoms with Crippen molar-refractivity contribution in [2.75, 3.05) is 50.1 Å². The van der Waals surface area contributed by atoms with Crippen LogP contribution in [-0.2, 0) is 4.79 Å². The smallest absolute Gasteiger partial charge is 0.262 e. The lowest BCUT2D eigenvalue weighted by Crippen LogP contribution is -2.45. The summed E-state index contributed by atoms with van der Waals surface area (Å²) in [6, 6.07) is 7.63. The summed E-state index contributed by atoms with van der Waals surface area (Å²) in [4.78, 5) is 26.0. The largest absolute Gasteiger partial charge is 0.484 e. The third kappa shape index (κ3) is 4.95. The van der Waals surface area contributed by atoms with Crippen LogP contribution >= 0.6 is 0 Å². The second kappa shape index (κ2) is 8.35. The van der Waals surface area contributed by atoms with Crippen molar-refractivity contribution in [2.45, 2.75) is 20.8 Å². The van der Waals surface area contributed by atoms with Crippen molar-refractivity contribution in [2.24, 2.45) is 0 Å². The fourth-order valence-electron chi connectivity index (χ4n) is 3.06. The lowest BCUT2D eigenvalue weighted by atomic mass is 10.2. The zero-order chi connectivity index (χ0) is 19.4. The monoisotopic (exact) mass is 369 g/mol. The van der Waals surface area contributed by atoms with Crippen LogP contribution in [0.3, 0.4) is 0 Å². The molecule has 2 heterocycles. The Morgan fingerprint density at radius 1 is 1.11 bits per heavy atom. The molecule has 144 valence electrons. The Morgan fingerprint density at radius 2 is 1.78 bits per heavy atom. The van der Waals surface area contributed by atoms with Crippen LogP contribution in [0.2, 0.25) is 0 Å². The number of carbonyl (C=O) groups excluding carboxylic acids is 1. The van der Waals surface area contributed by atoms with Crippen LogP contribution in [0.1, 0.15) is 17.0 Å². The highest BCUT2D eigenvalue weighted by Gasteiger charge is 2.19. The molecular formula is C20H27N5O2. The van der Waals surface area contributed by atoms with Crippen LogP contribution in [0.15, 0.2) is 24.3 Å². The molecule has 0 radical (unpaired) electrons. The van der Waals surface area contributed by atoms with Crippen molar-refractivity contribution in [3.8, 4) is 5.75 Å². The molecule has 7 nitrogen and oxygen atoms in total. The van der Waals surface area contributed by atoms with Gasteiger partial charge in [-0.2, -0.15) is 0 Å². The average Bonchev–Trinajstić information content (AvgIpc) is 2.63. The molecule has 1 aromatic heterocycles. The molecule has 0 saturated carbocycles. The van der Waals surface area contributed by atoms with Gasteiger partial charge in [0, 0.05) is 26.2 Å². The van der Waals surface area contributed by atoms with Gasteiger partial charge < -0.3 is 19.9 Å². The van der Waals surface area contributed by atoms with E-state index in [1.54, 1.807) is 0 Å². The van der Waals surface area contributed by atoms with E-state index in [4.69, 9.17) is 4.74 Å². The second-order valence-electron chi connectivity index (χ2n) is 7.01. The van der Waals surface area contributed by atoms with E-state index in [-0.39, 0.29) is 12.5 Å². The standard InChI is InChI=1S/C20H27N5O2/c1-14-6-5-7-17(12-14)27-13-18(26)23-19-15(2)21-20(22-16(19)3)25-10-8-24(4)9-11-25/h5-7,12H,8-11,13H2,1-4H3,(H,23,26). The fraction of sp³-hybridized carbons (Fsp3) is 0.450. The van der Waals surface area contributed by atoms with Crippen molar-refractivity contribution in [3.05, 3.63) is 41.2 Å². The molecule has 3 rings (SSSR count). The molecule has 7 heteroatoms. The maximum Gasteiger partial charge on any atom is 0.262 e. The molecule has 0 unspecified atom stereocenters. The van der Waals surface area contributed by atoms with E-state index in [0.717, 1.165) is 49.1 Å². The number of benzene rings is 1. The summed E-state index contributed by atoms with van der Waals surface area (Å²) in [6.45, 7) is 9.53. The van der Waals surface area contributed by atoms with E-state index in [1.807, 2.05) is 45.0 Å². The Kier molecular flexibility index (Phi) is 5.91. The molecule has 27 heavy (non-hydrogen) atoms. The highest BCUT2D eigenvalue weighted by molar-refractivity contribution is 5.93. The van der Waals surface area contributed by atoms with Crippen molar-refractivity contribution in [1.82, 2.24) is 14.9 Å². The summed E-state index contributed by atoms with van der Waals surface area (Å²) in [5.74, 6) is 1.19. The number of aryl methyl sites for hydroxylation is 3. The molecule has 1 fully saturated rings. The van der Waals surface area contributed by atoms with E-state index in [0.29, 0.717) is 11.4 Å². The van der Waals surface area contributed by atoms with Crippen LogP contribution in [-0.4, -0.2) is 60.6 Å². The number of aromatic nitrogens is 2. The number of anilines is 2. The van der Waals surface area contributed by atoms with Gasteiger partial charge in [0.1, 0.15) is 5.75 Å². The predicted octanol–water partition coefficient (Wildman–Crippen LogP) is 2.17. The molecule has 1 N–H and O–H groups in total. The van der Waals surface area contributed by atoms with Gasteiger partial charge in [-0.05, 0) is 45.5 Å². The van der Waals surface area contributed by atoms with Crippen molar-refractivity contribution in [1.29, 1.82) is 0 Å². The van der Waals surface area contributed by atoms with Crippen LogP contribution in [0.4, 0.5) is 11.6 Å². The van der Waals surface area contributed by atoms with Gasteiger partial charge in [-0.1, -0.05) is 12.1 Å². The number of ether oxygens (including phenoxy) is 1. The first-order valence-electron chi connectivity index (χ1n) is 9.20. The molecule has 1 saturated heterocycles. The van der Waals surface area contributed by atoms with Gasteiger partial charge in [0.2, 0.25) is 5.95 Å². The third-order valence-corrected chi connectivity index (χ3v) is 4.67. The molecule has 0 bridgehead atoms. The Morgan fingerprint density at radius 3 is 2.41 bits per heavy atom. The summed E-state index contributed by atoms with van der Waals surface area (Å²) in [7, 11) is 2.12. The number of piperazine rings is 1. The third-order valence-electron chi connectivity index (χ3n) is 4.67. The zero-order valence-corrected chi connectivity index (χ0v) is 16.5. The van der Waals surface area contributed by atoms with Crippen LogP contribution in [0.25, 0.3) is 0 Å². The Labute approximate surface area is 160 Å². The van der Waals surface area contributed by atoms with E-state index in [2.05, 4.69) is 32.1 Å². The van der Waals surface area contributed by atoms with Gasteiger partial charge in [-0.25, -0.2) is 9.97 Å². The van der Waals surface area contributed by atoms with Gasteiger partial charge >= 0.3 is 0 Å². The van der Waals surface area contributed by atoms with E-state index < -0.39 is 0 Å². The summed E-state index contributed by atoms with van der Waals surface area (Å²) in [5, 5.41) is 2.88. The first-order valence-corrected chi connectivity index (χ1v) is 9.20. The molecule has 0 spiro atoms. The van der Waals surface area contributed by atoms with Gasteiger partial charge in [-0.3, -0.25) is 4.79 Å². The number of nitrogens with one attached hydrogen (secondary N) is 1. The highest BCUT2D eigenvalue weighted by Crippen LogP contribution is 2.21. The van der Waals surface area contributed by atoms with E-state index >= 15 is 0 Å². The summed E-state index contributed by atoms with van der Waals surface area (Å²) >= 11 is 0. The maximum atomic E-state index is 12.3. The summed E-state index contributed by atoms with van der Waals surface area (Å²) in [6.07, 6.45) is 0. The quantitative estimate of drug-likeness (QED) is 0.871. The van der Waals surface area contributed by atoms with Crippen molar-refractivity contribution >= 4 is 17.5 Å². The lowest BCUT2D eigenvalue weighted by Gasteiger charge is -2.32. The topological polar surface area (TPSA) is 70.6 Å². The number of nitrogens with zero attached hydrogens (tertiary/aromatic N) is 4. The average molecular weight is 369 g/mol. The highest BCUT2D eigenvalue weighted by atomic mass is 16.5. The molecular weight excluding hydrogens is 342 g/mol. The van der Waals surface area contributed by atoms with Crippen LogP contribution in [0, 0.1) is 20.8 Å². The maximum absolute atomic E-state index is 12.3. The lowest BCUT2D eigenvalue weighted by molar-refractivity contribution is -0.118.